The molecule has 1 saturated carbocycles. The van der Waals surface area contributed by atoms with Crippen LogP contribution in [0.1, 0.15) is 35.6 Å². The molecule has 0 saturated heterocycles. The van der Waals surface area contributed by atoms with Crippen molar-refractivity contribution in [3.63, 3.8) is 0 Å². The molecular formula is C16H15F3N2O. The SMILES string of the molecule is O=c1c(C(F)(F)F)cc(C2CC2)nn1CCc1ccccc1. The van der Waals surface area contributed by atoms with Gasteiger partial charge in [-0.25, -0.2) is 4.68 Å². The van der Waals surface area contributed by atoms with Crippen molar-refractivity contribution in [2.24, 2.45) is 0 Å². The number of hydrogen-bond donors (Lipinski definition) is 0. The monoisotopic (exact) mass is 308 g/mol. The Morgan fingerprint density at radius 3 is 2.45 bits per heavy atom. The van der Waals surface area contributed by atoms with Crippen LogP contribution in [0.3, 0.4) is 0 Å². The van der Waals surface area contributed by atoms with Gasteiger partial charge in [-0.15, -0.1) is 0 Å². The number of halogens is 3. The van der Waals surface area contributed by atoms with E-state index in [0.29, 0.717) is 12.1 Å². The fraction of sp³-hybridized carbons (Fsp3) is 0.375. The van der Waals surface area contributed by atoms with Crippen LogP contribution in [0.5, 0.6) is 0 Å². The van der Waals surface area contributed by atoms with Gasteiger partial charge in [0.05, 0.1) is 5.69 Å². The topological polar surface area (TPSA) is 34.9 Å². The molecule has 0 bridgehead atoms. The molecular weight excluding hydrogens is 293 g/mol. The van der Waals surface area contributed by atoms with E-state index in [1.54, 1.807) is 0 Å². The van der Waals surface area contributed by atoms with Crippen molar-refractivity contribution in [1.82, 2.24) is 9.78 Å². The van der Waals surface area contributed by atoms with Crippen LogP contribution < -0.4 is 5.56 Å². The molecule has 0 N–H and O–H groups in total. The molecule has 1 aromatic carbocycles. The van der Waals surface area contributed by atoms with Crippen LogP contribution in [0.2, 0.25) is 0 Å². The quantitative estimate of drug-likeness (QED) is 0.868. The zero-order valence-electron chi connectivity index (χ0n) is 11.8. The summed E-state index contributed by atoms with van der Waals surface area (Å²) in [5.41, 5.74) is -0.841. The summed E-state index contributed by atoms with van der Waals surface area (Å²) in [6, 6.07) is 10.2. The van der Waals surface area contributed by atoms with Crippen molar-refractivity contribution < 1.29 is 13.2 Å². The first-order chi connectivity index (χ1) is 10.4. The minimum atomic E-state index is -4.64. The van der Waals surface area contributed by atoms with Crippen molar-refractivity contribution in [3.05, 3.63) is 63.6 Å². The molecule has 116 valence electrons. The fourth-order valence-corrected chi connectivity index (χ4v) is 2.38. The van der Waals surface area contributed by atoms with Gasteiger partial charge in [0.1, 0.15) is 5.56 Å². The van der Waals surface area contributed by atoms with Crippen molar-refractivity contribution in [2.75, 3.05) is 0 Å². The van der Waals surface area contributed by atoms with Gasteiger partial charge in [0.15, 0.2) is 0 Å². The van der Waals surface area contributed by atoms with Crippen LogP contribution in [0.25, 0.3) is 0 Å². The Hall–Kier alpha value is -2.11. The third-order valence-corrected chi connectivity index (χ3v) is 3.75. The van der Waals surface area contributed by atoms with Crippen molar-refractivity contribution in [1.29, 1.82) is 0 Å². The lowest BCUT2D eigenvalue weighted by Gasteiger charge is -2.12. The zero-order chi connectivity index (χ0) is 15.7. The lowest BCUT2D eigenvalue weighted by Crippen LogP contribution is -2.32. The second-order valence-electron chi connectivity index (χ2n) is 5.52. The molecule has 0 aliphatic heterocycles. The highest BCUT2D eigenvalue weighted by molar-refractivity contribution is 5.22. The van der Waals surface area contributed by atoms with Crippen molar-refractivity contribution in [3.8, 4) is 0 Å². The summed E-state index contributed by atoms with van der Waals surface area (Å²) in [5.74, 6) is 0.0599. The second kappa shape index (κ2) is 5.59. The van der Waals surface area contributed by atoms with Gasteiger partial charge >= 0.3 is 6.18 Å². The average Bonchev–Trinajstić information content (AvgIpc) is 3.31. The molecule has 0 atom stereocenters. The van der Waals surface area contributed by atoms with Crippen molar-refractivity contribution >= 4 is 0 Å². The van der Waals surface area contributed by atoms with Gasteiger partial charge in [0.25, 0.3) is 5.56 Å². The minimum Gasteiger partial charge on any atom is -0.267 e. The molecule has 3 nitrogen and oxygen atoms in total. The van der Waals surface area contributed by atoms with Gasteiger partial charge in [-0.2, -0.15) is 18.3 Å². The maximum Gasteiger partial charge on any atom is 0.421 e. The van der Waals surface area contributed by atoms with Crippen molar-refractivity contribution in [2.45, 2.75) is 37.9 Å². The smallest absolute Gasteiger partial charge is 0.267 e. The molecule has 1 aliphatic rings. The van der Waals surface area contributed by atoms with Crippen LogP contribution in [0.15, 0.2) is 41.2 Å². The maximum absolute atomic E-state index is 13.0. The third-order valence-electron chi connectivity index (χ3n) is 3.75. The Morgan fingerprint density at radius 1 is 1.18 bits per heavy atom. The standard InChI is InChI=1S/C16H15F3N2O/c17-16(18,19)13-10-14(12-6-7-12)20-21(15(13)22)9-8-11-4-2-1-3-5-11/h1-5,10,12H,6-9H2. The number of alkyl halides is 3. The minimum absolute atomic E-state index is 0.0599. The van der Waals surface area contributed by atoms with E-state index in [2.05, 4.69) is 5.10 Å². The normalized spacial score (nSPS) is 15.0. The predicted octanol–water partition coefficient (Wildman–Crippen LogP) is 3.38. The molecule has 1 aromatic heterocycles. The summed E-state index contributed by atoms with van der Waals surface area (Å²) in [6.45, 7) is 0.145. The van der Waals surface area contributed by atoms with Gasteiger partial charge in [-0.05, 0) is 30.9 Å². The first-order valence-electron chi connectivity index (χ1n) is 7.18. The molecule has 0 spiro atoms. The number of nitrogens with zero attached hydrogens (tertiary/aromatic N) is 2. The molecule has 2 aromatic rings. The maximum atomic E-state index is 13.0. The molecule has 6 heteroatoms. The van der Waals surface area contributed by atoms with Gasteiger partial charge in [-0.3, -0.25) is 4.79 Å². The Balaban J connectivity index is 1.92. The van der Waals surface area contributed by atoms with E-state index in [1.165, 1.54) is 0 Å². The number of benzene rings is 1. The molecule has 0 radical (unpaired) electrons. The van der Waals surface area contributed by atoms with E-state index in [0.717, 1.165) is 29.2 Å². The highest BCUT2D eigenvalue weighted by Gasteiger charge is 2.37. The second-order valence-corrected chi connectivity index (χ2v) is 5.52. The third kappa shape index (κ3) is 3.21. The lowest BCUT2D eigenvalue weighted by molar-refractivity contribution is -0.139. The summed E-state index contributed by atoms with van der Waals surface area (Å²) in [5, 5.41) is 4.13. The Kier molecular flexibility index (Phi) is 3.76. The molecule has 1 heterocycles. The van der Waals surface area contributed by atoms with Gasteiger partial charge in [0, 0.05) is 12.5 Å². The van der Waals surface area contributed by atoms with E-state index in [9.17, 15) is 18.0 Å². The molecule has 0 unspecified atom stereocenters. The van der Waals surface area contributed by atoms with Crippen LogP contribution >= 0.6 is 0 Å². The molecule has 1 aliphatic carbocycles. The lowest BCUT2D eigenvalue weighted by atomic mass is 10.1. The predicted molar refractivity (Wildman–Crippen MR) is 75.6 cm³/mol. The summed E-state index contributed by atoms with van der Waals surface area (Å²) in [4.78, 5) is 12.0. The average molecular weight is 308 g/mol. The fourth-order valence-electron chi connectivity index (χ4n) is 2.38. The highest BCUT2D eigenvalue weighted by Crippen LogP contribution is 2.40. The molecule has 22 heavy (non-hydrogen) atoms. The zero-order valence-corrected chi connectivity index (χ0v) is 11.8. The molecule has 0 amide bonds. The van der Waals surface area contributed by atoms with E-state index in [-0.39, 0.29) is 12.5 Å². The number of rotatable bonds is 4. The van der Waals surface area contributed by atoms with Crippen LogP contribution in [0, 0.1) is 0 Å². The number of aryl methyl sites for hydroxylation is 2. The first kappa shape index (κ1) is 14.8. The summed E-state index contributed by atoms with van der Waals surface area (Å²) in [7, 11) is 0. The summed E-state index contributed by atoms with van der Waals surface area (Å²) < 4.78 is 40.0. The van der Waals surface area contributed by atoms with E-state index in [1.807, 2.05) is 30.3 Å². The van der Waals surface area contributed by atoms with Gasteiger partial charge in [0.2, 0.25) is 0 Å². The largest absolute Gasteiger partial charge is 0.421 e. The first-order valence-corrected chi connectivity index (χ1v) is 7.18. The number of hydrogen-bond acceptors (Lipinski definition) is 2. The molecule has 1 fully saturated rings. The van der Waals surface area contributed by atoms with E-state index in [4.69, 9.17) is 0 Å². The molecule has 3 rings (SSSR count). The highest BCUT2D eigenvalue weighted by atomic mass is 19.4. The van der Waals surface area contributed by atoms with Crippen LogP contribution in [-0.2, 0) is 19.1 Å². The summed E-state index contributed by atoms with van der Waals surface area (Å²) in [6.07, 6.45) is -2.50. The van der Waals surface area contributed by atoms with Gasteiger partial charge < -0.3 is 0 Å². The number of aromatic nitrogens is 2. The van der Waals surface area contributed by atoms with E-state index < -0.39 is 17.3 Å². The van der Waals surface area contributed by atoms with Crippen LogP contribution in [-0.4, -0.2) is 9.78 Å². The Labute approximate surface area is 125 Å². The van der Waals surface area contributed by atoms with E-state index >= 15 is 0 Å². The summed E-state index contributed by atoms with van der Waals surface area (Å²) >= 11 is 0. The van der Waals surface area contributed by atoms with Crippen LogP contribution in [0.4, 0.5) is 13.2 Å². The van der Waals surface area contributed by atoms with Gasteiger partial charge in [-0.1, -0.05) is 30.3 Å². The Bertz CT molecular complexity index is 718. The Morgan fingerprint density at radius 2 is 1.86 bits per heavy atom.